The second-order valence-electron chi connectivity index (χ2n) is 7.23. The van der Waals surface area contributed by atoms with Gasteiger partial charge in [-0.15, -0.1) is 0 Å². The van der Waals surface area contributed by atoms with Crippen molar-refractivity contribution in [1.82, 2.24) is 5.32 Å². The smallest absolute Gasteiger partial charge is 0.349 e. The second-order valence-corrected chi connectivity index (χ2v) is 7.23. The number of nitrogens with one attached hydrogen (secondary N) is 1. The molecule has 0 saturated carbocycles. The van der Waals surface area contributed by atoms with Crippen molar-refractivity contribution in [1.29, 1.82) is 0 Å². The van der Waals surface area contributed by atoms with E-state index in [-0.39, 0.29) is 31.1 Å². The molecule has 8 nitrogen and oxygen atoms in total. The van der Waals surface area contributed by atoms with Gasteiger partial charge in [-0.05, 0) is 49.6 Å². The lowest BCUT2D eigenvalue weighted by molar-refractivity contribution is -0.143. The van der Waals surface area contributed by atoms with E-state index in [4.69, 9.17) is 18.6 Å². The van der Waals surface area contributed by atoms with E-state index in [1.807, 2.05) is 25.1 Å². The van der Waals surface area contributed by atoms with E-state index < -0.39 is 11.5 Å². The van der Waals surface area contributed by atoms with E-state index >= 15 is 0 Å². The number of fused-ring (bicyclic) bond motifs is 1. The molecule has 8 heteroatoms. The Morgan fingerprint density at radius 1 is 1.06 bits per heavy atom. The number of para-hydroxylation sites is 1. The molecule has 0 atom stereocenters. The first kappa shape index (κ1) is 23.8. The molecule has 2 aromatic carbocycles. The fraction of sp³-hybridized carbons (Fsp3) is 0.320. The van der Waals surface area contributed by atoms with Crippen molar-refractivity contribution < 1.29 is 28.2 Å². The number of rotatable bonds is 11. The summed E-state index contributed by atoms with van der Waals surface area (Å²) in [5.74, 6) is 0.434. The van der Waals surface area contributed by atoms with E-state index in [9.17, 15) is 14.4 Å². The van der Waals surface area contributed by atoms with Gasteiger partial charge >= 0.3 is 11.6 Å². The average Bonchev–Trinajstić information content (AvgIpc) is 2.82. The van der Waals surface area contributed by atoms with E-state index in [1.54, 1.807) is 31.4 Å². The molecule has 0 saturated heterocycles. The van der Waals surface area contributed by atoms with E-state index in [2.05, 4.69) is 5.32 Å². The van der Waals surface area contributed by atoms with E-state index in [1.165, 1.54) is 6.07 Å². The fourth-order valence-corrected chi connectivity index (χ4v) is 3.24. The third-order valence-electron chi connectivity index (χ3n) is 4.90. The third kappa shape index (κ3) is 6.58. The van der Waals surface area contributed by atoms with Crippen LogP contribution in [0.15, 0.2) is 57.7 Å². The summed E-state index contributed by atoms with van der Waals surface area (Å²) in [5, 5.41) is 3.32. The zero-order valence-corrected chi connectivity index (χ0v) is 18.7. The number of carbonyl (C=O) groups excluding carboxylic acids is 2. The predicted octanol–water partition coefficient (Wildman–Crippen LogP) is 3.50. The molecule has 1 heterocycles. The van der Waals surface area contributed by atoms with E-state index in [0.29, 0.717) is 41.9 Å². The Bertz CT molecular complexity index is 1170. The summed E-state index contributed by atoms with van der Waals surface area (Å²) in [5.41, 5.74) is 0.614. The third-order valence-corrected chi connectivity index (χ3v) is 4.90. The van der Waals surface area contributed by atoms with Crippen LogP contribution in [0.25, 0.3) is 11.0 Å². The molecule has 0 aliphatic carbocycles. The highest BCUT2D eigenvalue weighted by molar-refractivity contribution is 5.96. The van der Waals surface area contributed by atoms with Crippen LogP contribution < -0.4 is 20.4 Å². The van der Waals surface area contributed by atoms with Crippen LogP contribution in [0.5, 0.6) is 11.5 Å². The molecule has 0 aliphatic heterocycles. The van der Waals surface area contributed by atoms with Crippen molar-refractivity contribution in [2.45, 2.75) is 26.2 Å². The summed E-state index contributed by atoms with van der Waals surface area (Å²) >= 11 is 0. The van der Waals surface area contributed by atoms with Crippen LogP contribution in [0.1, 0.15) is 35.7 Å². The van der Waals surface area contributed by atoms with Crippen molar-refractivity contribution in [3.8, 4) is 11.5 Å². The molecule has 1 amide bonds. The average molecular weight is 453 g/mol. The molecule has 0 unspecified atom stereocenters. The number of hydrogen-bond acceptors (Lipinski definition) is 7. The highest BCUT2D eigenvalue weighted by Crippen LogP contribution is 2.28. The summed E-state index contributed by atoms with van der Waals surface area (Å²) < 4.78 is 21.2. The molecule has 3 rings (SSSR count). The Hall–Kier alpha value is -3.81. The zero-order chi connectivity index (χ0) is 23.6. The molecule has 1 aromatic heterocycles. The summed E-state index contributed by atoms with van der Waals surface area (Å²) in [7, 11) is 1.57. The lowest BCUT2D eigenvalue weighted by atomic mass is 10.1. The highest BCUT2D eigenvalue weighted by Gasteiger charge is 2.13. The van der Waals surface area contributed by atoms with Crippen LogP contribution in [0.4, 0.5) is 0 Å². The summed E-state index contributed by atoms with van der Waals surface area (Å²) in [6.07, 6.45) is 1.16. The summed E-state index contributed by atoms with van der Waals surface area (Å²) in [6.45, 7) is 2.86. The van der Waals surface area contributed by atoms with E-state index in [0.717, 1.165) is 5.56 Å². The molecule has 0 bridgehead atoms. The topological polar surface area (TPSA) is 104 Å². The molecule has 0 radical (unpaired) electrons. The normalized spacial score (nSPS) is 10.6. The first-order valence-electron chi connectivity index (χ1n) is 10.8. The number of aryl methyl sites for hydroxylation is 1. The van der Waals surface area contributed by atoms with Crippen LogP contribution in [0, 0.1) is 0 Å². The molecule has 33 heavy (non-hydrogen) atoms. The fourth-order valence-electron chi connectivity index (χ4n) is 3.24. The number of ether oxygens (including phenoxy) is 3. The summed E-state index contributed by atoms with van der Waals surface area (Å²) in [4.78, 5) is 36.3. The van der Waals surface area contributed by atoms with Gasteiger partial charge in [-0.3, -0.25) is 9.59 Å². The van der Waals surface area contributed by atoms with Gasteiger partial charge in [0, 0.05) is 18.4 Å². The first-order valence-corrected chi connectivity index (χ1v) is 10.8. The maximum absolute atomic E-state index is 12.3. The van der Waals surface area contributed by atoms with Gasteiger partial charge < -0.3 is 23.9 Å². The van der Waals surface area contributed by atoms with Crippen LogP contribution in [0.2, 0.25) is 0 Å². The number of benzene rings is 2. The molecular weight excluding hydrogens is 426 g/mol. The lowest BCUT2D eigenvalue weighted by Crippen LogP contribution is -2.29. The Labute approximate surface area is 191 Å². The van der Waals surface area contributed by atoms with Gasteiger partial charge in [-0.1, -0.05) is 24.3 Å². The maximum atomic E-state index is 12.3. The van der Waals surface area contributed by atoms with Crippen molar-refractivity contribution in [3.05, 3.63) is 70.1 Å². The minimum Gasteiger partial charge on any atom is -0.493 e. The Balaban J connectivity index is 1.39. The molecule has 0 aliphatic rings. The summed E-state index contributed by atoms with van der Waals surface area (Å²) in [6, 6.07) is 14.0. The zero-order valence-electron chi connectivity index (χ0n) is 18.7. The number of carbonyl (C=O) groups is 2. The van der Waals surface area contributed by atoms with Gasteiger partial charge in [0.25, 0.3) is 5.91 Å². The largest absolute Gasteiger partial charge is 0.493 e. The maximum Gasteiger partial charge on any atom is 0.349 e. The Morgan fingerprint density at radius 3 is 2.67 bits per heavy atom. The minimum absolute atomic E-state index is 0.0588. The second kappa shape index (κ2) is 11.7. The van der Waals surface area contributed by atoms with Crippen molar-refractivity contribution in [2.75, 3.05) is 26.9 Å². The monoisotopic (exact) mass is 453 g/mol. The SMILES string of the molecule is CCOc1ccc(CCC(=O)OCCCNC(=O)c2cc3ccccc3oc2=O)cc1OC. The number of amides is 1. The van der Waals surface area contributed by atoms with Crippen molar-refractivity contribution in [2.24, 2.45) is 0 Å². The van der Waals surface area contributed by atoms with Gasteiger partial charge in [0.15, 0.2) is 11.5 Å². The molecule has 1 N–H and O–H groups in total. The van der Waals surface area contributed by atoms with Crippen LogP contribution in [0.3, 0.4) is 0 Å². The molecular formula is C25H27NO7. The van der Waals surface area contributed by atoms with Gasteiger partial charge in [-0.25, -0.2) is 4.79 Å². The Kier molecular flexibility index (Phi) is 8.46. The molecule has 0 fully saturated rings. The van der Waals surface area contributed by atoms with Gasteiger partial charge in [0.2, 0.25) is 0 Å². The van der Waals surface area contributed by atoms with Gasteiger partial charge in [0.05, 0.1) is 20.3 Å². The number of methoxy groups -OCH3 is 1. The number of esters is 1. The van der Waals surface area contributed by atoms with Crippen LogP contribution >= 0.6 is 0 Å². The quantitative estimate of drug-likeness (QED) is 0.269. The number of hydrogen-bond donors (Lipinski definition) is 1. The Morgan fingerprint density at radius 2 is 1.88 bits per heavy atom. The molecule has 3 aromatic rings. The van der Waals surface area contributed by atoms with Crippen molar-refractivity contribution >= 4 is 22.8 Å². The lowest BCUT2D eigenvalue weighted by Gasteiger charge is -2.11. The molecule has 174 valence electrons. The first-order chi connectivity index (χ1) is 16.0. The van der Waals surface area contributed by atoms with Gasteiger partial charge in [-0.2, -0.15) is 0 Å². The molecule has 0 spiro atoms. The van der Waals surface area contributed by atoms with Crippen LogP contribution in [-0.4, -0.2) is 38.7 Å². The minimum atomic E-state index is -0.691. The standard InChI is InChI=1S/C25H27NO7/c1-3-31-21-11-9-17(15-22(21)30-2)10-12-23(27)32-14-6-13-26-24(28)19-16-18-7-4-5-8-20(18)33-25(19)29/h4-5,7-9,11,15-16H,3,6,10,12-14H2,1-2H3,(H,26,28). The van der Waals surface area contributed by atoms with Gasteiger partial charge in [0.1, 0.15) is 11.1 Å². The predicted molar refractivity (Wildman–Crippen MR) is 123 cm³/mol. The van der Waals surface area contributed by atoms with Crippen molar-refractivity contribution in [3.63, 3.8) is 0 Å². The van der Waals surface area contributed by atoms with Crippen LogP contribution in [-0.2, 0) is 16.0 Å². The highest BCUT2D eigenvalue weighted by atomic mass is 16.5.